The highest BCUT2D eigenvalue weighted by Gasteiger charge is 2.23. The molecular formula is C13H11ClN2. The lowest BCUT2D eigenvalue weighted by atomic mass is 10.1. The molecule has 1 fully saturated rings. The Morgan fingerprint density at radius 3 is 2.62 bits per heavy atom. The minimum Gasteiger partial charge on any atom is -0.256 e. The Hall–Kier alpha value is -1.41. The van der Waals surface area contributed by atoms with Gasteiger partial charge < -0.3 is 0 Å². The quantitative estimate of drug-likeness (QED) is 0.736. The van der Waals surface area contributed by atoms with Crippen LogP contribution in [0.25, 0.3) is 11.3 Å². The Bertz CT molecular complexity index is 504. The van der Waals surface area contributed by atoms with Crippen molar-refractivity contribution in [2.45, 2.75) is 18.8 Å². The van der Waals surface area contributed by atoms with Gasteiger partial charge in [0.25, 0.3) is 0 Å². The standard InChI is InChI=1S/C13H11ClN2/c14-13-7-10(5-6-15-13)12-4-3-11(8-16-12)9-1-2-9/h3-9H,1-2H2. The highest BCUT2D eigenvalue weighted by atomic mass is 35.5. The van der Waals surface area contributed by atoms with E-state index in [1.807, 2.05) is 18.3 Å². The first-order chi connectivity index (χ1) is 7.83. The molecule has 2 aromatic rings. The highest BCUT2D eigenvalue weighted by Crippen LogP contribution is 2.39. The maximum absolute atomic E-state index is 5.85. The summed E-state index contributed by atoms with van der Waals surface area (Å²) in [5.41, 5.74) is 3.32. The van der Waals surface area contributed by atoms with Crippen molar-refractivity contribution in [2.24, 2.45) is 0 Å². The SMILES string of the molecule is Clc1cc(-c2ccc(C3CC3)cn2)ccn1. The molecule has 0 radical (unpaired) electrons. The second-order valence-corrected chi connectivity index (χ2v) is 4.51. The maximum Gasteiger partial charge on any atom is 0.129 e. The number of rotatable bonds is 2. The van der Waals surface area contributed by atoms with Gasteiger partial charge in [0, 0.05) is 18.0 Å². The van der Waals surface area contributed by atoms with Crippen LogP contribution in [0.2, 0.25) is 5.15 Å². The molecule has 0 aliphatic heterocycles. The summed E-state index contributed by atoms with van der Waals surface area (Å²) in [6.07, 6.45) is 6.29. The van der Waals surface area contributed by atoms with Crippen molar-refractivity contribution >= 4 is 11.6 Å². The second-order valence-electron chi connectivity index (χ2n) is 4.12. The number of hydrogen-bond donors (Lipinski definition) is 0. The monoisotopic (exact) mass is 230 g/mol. The highest BCUT2D eigenvalue weighted by molar-refractivity contribution is 6.29. The lowest BCUT2D eigenvalue weighted by Gasteiger charge is -2.02. The van der Waals surface area contributed by atoms with Crippen LogP contribution in [-0.2, 0) is 0 Å². The fourth-order valence-electron chi connectivity index (χ4n) is 1.80. The lowest BCUT2D eigenvalue weighted by molar-refractivity contribution is 1.09. The van der Waals surface area contributed by atoms with E-state index < -0.39 is 0 Å². The van der Waals surface area contributed by atoms with Crippen LogP contribution in [0.1, 0.15) is 24.3 Å². The fourth-order valence-corrected chi connectivity index (χ4v) is 1.97. The molecule has 2 nitrogen and oxygen atoms in total. The predicted molar refractivity (Wildman–Crippen MR) is 64.5 cm³/mol. The molecule has 0 spiro atoms. The van der Waals surface area contributed by atoms with E-state index in [2.05, 4.69) is 22.1 Å². The Morgan fingerprint density at radius 1 is 1.12 bits per heavy atom. The van der Waals surface area contributed by atoms with Crippen LogP contribution < -0.4 is 0 Å². The van der Waals surface area contributed by atoms with E-state index in [4.69, 9.17) is 11.6 Å². The van der Waals surface area contributed by atoms with Crippen molar-refractivity contribution in [3.63, 3.8) is 0 Å². The van der Waals surface area contributed by atoms with Crippen LogP contribution in [0.3, 0.4) is 0 Å². The molecule has 0 saturated heterocycles. The largest absolute Gasteiger partial charge is 0.256 e. The average molecular weight is 231 g/mol. The number of pyridine rings is 2. The van der Waals surface area contributed by atoms with Gasteiger partial charge in [-0.15, -0.1) is 0 Å². The van der Waals surface area contributed by atoms with Crippen molar-refractivity contribution in [3.05, 3.63) is 47.4 Å². The van der Waals surface area contributed by atoms with Gasteiger partial charge in [-0.2, -0.15) is 0 Å². The van der Waals surface area contributed by atoms with Gasteiger partial charge >= 0.3 is 0 Å². The van der Waals surface area contributed by atoms with Crippen molar-refractivity contribution in [2.75, 3.05) is 0 Å². The van der Waals surface area contributed by atoms with E-state index in [0.29, 0.717) is 5.15 Å². The molecule has 2 heterocycles. The zero-order valence-electron chi connectivity index (χ0n) is 8.73. The number of nitrogens with zero attached hydrogens (tertiary/aromatic N) is 2. The molecule has 0 unspecified atom stereocenters. The van der Waals surface area contributed by atoms with Gasteiger partial charge in [-0.05, 0) is 42.5 Å². The van der Waals surface area contributed by atoms with Gasteiger partial charge in [0.2, 0.25) is 0 Å². The van der Waals surface area contributed by atoms with Crippen molar-refractivity contribution < 1.29 is 0 Å². The summed E-state index contributed by atoms with van der Waals surface area (Å²) >= 11 is 5.85. The Morgan fingerprint density at radius 2 is 2.00 bits per heavy atom. The van der Waals surface area contributed by atoms with E-state index in [1.54, 1.807) is 6.20 Å². The molecule has 0 amide bonds. The Balaban J connectivity index is 1.94. The fraction of sp³-hybridized carbons (Fsp3) is 0.231. The second kappa shape index (κ2) is 3.87. The zero-order chi connectivity index (χ0) is 11.0. The average Bonchev–Trinajstić information content (AvgIpc) is 3.13. The molecule has 0 aromatic carbocycles. The number of aromatic nitrogens is 2. The molecule has 0 N–H and O–H groups in total. The third-order valence-electron chi connectivity index (χ3n) is 2.86. The minimum atomic E-state index is 0.505. The van der Waals surface area contributed by atoms with E-state index >= 15 is 0 Å². The molecule has 16 heavy (non-hydrogen) atoms. The van der Waals surface area contributed by atoms with Crippen LogP contribution >= 0.6 is 11.6 Å². The first-order valence-corrected chi connectivity index (χ1v) is 5.78. The van der Waals surface area contributed by atoms with Gasteiger partial charge in [0.05, 0.1) is 5.69 Å². The smallest absolute Gasteiger partial charge is 0.129 e. The summed E-state index contributed by atoms with van der Waals surface area (Å²) in [6.45, 7) is 0. The molecule has 0 bridgehead atoms. The van der Waals surface area contributed by atoms with Crippen molar-refractivity contribution in [3.8, 4) is 11.3 Å². The molecular weight excluding hydrogens is 220 g/mol. The van der Waals surface area contributed by atoms with Crippen LogP contribution in [0.5, 0.6) is 0 Å². The van der Waals surface area contributed by atoms with E-state index in [-0.39, 0.29) is 0 Å². The van der Waals surface area contributed by atoms with Gasteiger partial charge in [0.15, 0.2) is 0 Å². The zero-order valence-corrected chi connectivity index (χ0v) is 9.48. The molecule has 0 atom stereocenters. The molecule has 1 aliphatic carbocycles. The van der Waals surface area contributed by atoms with E-state index in [9.17, 15) is 0 Å². The molecule has 1 saturated carbocycles. The summed E-state index contributed by atoms with van der Waals surface area (Å²) in [4.78, 5) is 8.42. The summed E-state index contributed by atoms with van der Waals surface area (Å²) in [5.74, 6) is 0.752. The lowest BCUT2D eigenvalue weighted by Crippen LogP contribution is -1.87. The molecule has 3 heteroatoms. The molecule has 3 rings (SSSR count). The van der Waals surface area contributed by atoms with Crippen LogP contribution in [-0.4, -0.2) is 9.97 Å². The predicted octanol–water partition coefficient (Wildman–Crippen LogP) is 3.67. The Labute approximate surface area is 99.3 Å². The topological polar surface area (TPSA) is 25.8 Å². The number of hydrogen-bond acceptors (Lipinski definition) is 2. The van der Waals surface area contributed by atoms with Crippen LogP contribution in [0, 0.1) is 0 Å². The summed E-state index contributed by atoms with van der Waals surface area (Å²) in [5, 5.41) is 0.505. The Kier molecular flexibility index (Phi) is 2.37. The summed E-state index contributed by atoms with van der Waals surface area (Å²) < 4.78 is 0. The van der Waals surface area contributed by atoms with Crippen molar-refractivity contribution in [1.82, 2.24) is 9.97 Å². The van der Waals surface area contributed by atoms with Gasteiger partial charge in [-0.3, -0.25) is 4.98 Å². The third-order valence-corrected chi connectivity index (χ3v) is 3.06. The third kappa shape index (κ3) is 1.93. The first-order valence-electron chi connectivity index (χ1n) is 5.41. The van der Waals surface area contributed by atoms with Gasteiger partial charge in [0.1, 0.15) is 5.15 Å². The maximum atomic E-state index is 5.85. The summed E-state index contributed by atoms with van der Waals surface area (Å²) in [7, 11) is 0. The van der Waals surface area contributed by atoms with Crippen LogP contribution in [0.15, 0.2) is 36.7 Å². The van der Waals surface area contributed by atoms with E-state index in [1.165, 1.54) is 18.4 Å². The first kappa shape index (κ1) is 9.79. The van der Waals surface area contributed by atoms with Crippen molar-refractivity contribution in [1.29, 1.82) is 0 Å². The minimum absolute atomic E-state index is 0.505. The summed E-state index contributed by atoms with van der Waals surface area (Å²) in [6, 6.07) is 7.97. The molecule has 80 valence electrons. The van der Waals surface area contributed by atoms with Gasteiger partial charge in [-0.1, -0.05) is 17.7 Å². The normalized spacial score (nSPS) is 15.1. The number of halogens is 1. The van der Waals surface area contributed by atoms with Gasteiger partial charge in [-0.25, -0.2) is 4.98 Å². The molecule has 1 aliphatic rings. The van der Waals surface area contributed by atoms with Crippen LogP contribution in [0.4, 0.5) is 0 Å². The molecule has 2 aromatic heterocycles. The van der Waals surface area contributed by atoms with E-state index in [0.717, 1.165) is 17.2 Å².